The van der Waals surface area contributed by atoms with Crippen molar-refractivity contribution in [3.05, 3.63) is 101 Å². The third-order valence-electron chi connectivity index (χ3n) is 5.57. The number of rotatable bonds is 8. The van der Waals surface area contributed by atoms with Crippen LogP contribution in [-0.4, -0.2) is 53.2 Å². The summed E-state index contributed by atoms with van der Waals surface area (Å²) in [7, 11) is 0. The van der Waals surface area contributed by atoms with E-state index in [0.717, 1.165) is 50.5 Å². The third kappa shape index (κ3) is 9.13. The zero-order valence-corrected chi connectivity index (χ0v) is 21.6. The zero-order chi connectivity index (χ0) is 26.6. The molecule has 3 aromatic carbocycles. The van der Waals surface area contributed by atoms with E-state index in [0.29, 0.717) is 10.0 Å². The van der Waals surface area contributed by atoms with Crippen molar-refractivity contribution in [2.24, 2.45) is 0 Å². The van der Waals surface area contributed by atoms with Gasteiger partial charge in [0.2, 0.25) is 0 Å². The molecule has 0 atom stereocenters. The standard InChI is InChI=1S/C26H26Cl2N2O.C2H2O4/c27-25-13-12-24(20-26(25)28)31-23-14-18-29(19-15-23)16-7-17-30(21-8-3-1-4-9-21)22-10-5-2-6-11-22;3-1(4)2(5)6/h1-6,8-14,20H,7,15-19H2;(H,3,4)(H,5,6). The van der Waals surface area contributed by atoms with Crippen LogP contribution in [0.25, 0.3) is 0 Å². The summed E-state index contributed by atoms with van der Waals surface area (Å²) in [6, 6.07) is 26.5. The minimum absolute atomic E-state index is 0.513. The molecular weight excluding hydrogens is 515 g/mol. The Hall–Kier alpha value is -3.52. The molecule has 4 rings (SSSR count). The van der Waals surface area contributed by atoms with E-state index in [1.54, 1.807) is 12.1 Å². The molecule has 0 bridgehead atoms. The van der Waals surface area contributed by atoms with Gasteiger partial charge in [-0.05, 0) is 48.9 Å². The van der Waals surface area contributed by atoms with Gasteiger partial charge in [-0.25, -0.2) is 9.59 Å². The number of ether oxygens (including phenoxy) is 1. The molecule has 1 aliphatic heterocycles. The zero-order valence-electron chi connectivity index (χ0n) is 20.1. The lowest BCUT2D eigenvalue weighted by molar-refractivity contribution is -0.159. The number of hydrogen-bond donors (Lipinski definition) is 2. The molecular formula is C28H28Cl2N2O5. The number of para-hydroxylation sites is 2. The van der Waals surface area contributed by atoms with Gasteiger partial charge in [-0.3, -0.25) is 4.90 Å². The van der Waals surface area contributed by atoms with Gasteiger partial charge >= 0.3 is 11.9 Å². The fourth-order valence-electron chi connectivity index (χ4n) is 3.76. The van der Waals surface area contributed by atoms with Crippen LogP contribution in [0.3, 0.4) is 0 Å². The first-order chi connectivity index (χ1) is 17.8. The predicted molar refractivity (Wildman–Crippen MR) is 146 cm³/mol. The van der Waals surface area contributed by atoms with Gasteiger partial charge < -0.3 is 19.8 Å². The molecule has 0 unspecified atom stereocenters. The van der Waals surface area contributed by atoms with Crippen molar-refractivity contribution in [2.75, 3.05) is 31.1 Å². The number of carboxylic acids is 2. The summed E-state index contributed by atoms with van der Waals surface area (Å²) in [6.45, 7) is 3.91. The Kier molecular flexibility index (Phi) is 10.8. The van der Waals surface area contributed by atoms with Gasteiger partial charge in [0, 0.05) is 50.0 Å². The highest BCUT2D eigenvalue weighted by Gasteiger charge is 2.15. The molecule has 2 N–H and O–H groups in total. The summed E-state index contributed by atoms with van der Waals surface area (Å²) in [4.78, 5) is 23.1. The fraction of sp³-hybridized carbons (Fsp3) is 0.214. The molecule has 0 fully saturated rings. The molecule has 1 aliphatic rings. The smallest absolute Gasteiger partial charge is 0.414 e. The minimum atomic E-state index is -1.82. The number of carbonyl (C=O) groups is 2. The van der Waals surface area contributed by atoms with Gasteiger partial charge in [-0.2, -0.15) is 0 Å². The average Bonchev–Trinajstić information content (AvgIpc) is 2.91. The van der Waals surface area contributed by atoms with Gasteiger partial charge in [-0.1, -0.05) is 59.6 Å². The van der Waals surface area contributed by atoms with Crippen molar-refractivity contribution in [3.8, 4) is 5.75 Å². The number of anilines is 2. The Balaban J connectivity index is 0.000000568. The van der Waals surface area contributed by atoms with E-state index in [2.05, 4.69) is 76.5 Å². The van der Waals surface area contributed by atoms with E-state index >= 15 is 0 Å². The average molecular weight is 543 g/mol. The molecule has 0 aromatic heterocycles. The topological polar surface area (TPSA) is 90.3 Å². The van der Waals surface area contributed by atoms with Crippen LogP contribution >= 0.6 is 23.2 Å². The third-order valence-corrected chi connectivity index (χ3v) is 6.31. The molecule has 1 heterocycles. The van der Waals surface area contributed by atoms with E-state index < -0.39 is 11.9 Å². The lowest BCUT2D eigenvalue weighted by atomic mass is 10.2. The molecule has 0 aliphatic carbocycles. The number of aliphatic carboxylic acids is 2. The summed E-state index contributed by atoms with van der Waals surface area (Å²) in [5, 5.41) is 15.8. The summed E-state index contributed by atoms with van der Waals surface area (Å²) in [5.41, 5.74) is 2.45. The largest absolute Gasteiger partial charge is 0.473 e. The Bertz CT molecular complexity index is 1150. The number of benzene rings is 3. The van der Waals surface area contributed by atoms with Gasteiger partial charge in [-0.15, -0.1) is 0 Å². The summed E-state index contributed by atoms with van der Waals surface area (Å²) in [5.74, 6) is -1.93. The van der Waals surface area contributed by atoms with Gasteiger partial charge in [0.15, 0.2) is 0 Å². The molecule has 3 aromatic rings. The fourth-order valence-corrected chi connectivity index (χ4v) is 4.04. The highest BCUT2D eigenvalue weighted by Crippen LogP contribution is 2.28. The number of hydrogen-bond acceptors (Lipinski definition) is 5. The number of nitrogens with zero attached hydrogens (tertiary/aromatic N) is 2. The van der Waals surface area contributed by atoms with Crippen LogP contribution in [0.4, 0.5) is 11.4 Å². The first kappa shape index (κ1) is 28.1. The highest BCUT2D eigenvalue weighted by molar-refractivity contribution is 6.42. The highest BCUT2D eigenvalue weighted by atomic mass is 35.5. The lowest BCUT2D eigenvalue weighted by Crippen LogP contribution is -2.32. The molecule has 194 valence electrons. The molecule has 0 amide bonds. The molecule has 0 spiro atoms. The van der Waals surface area contributed by atoms with Gasteiger partial charge in [0.05, 0.1) is 10.0 Å². The molecule has 9 heteroatoms. The molecule has 0 saturated heterocycles. The predicted octanol–water partition coefficient (Wildman–Crippen LogP) is 6.35. The van der Waals surface area contributed by atoms with Crippen molar-refractivity contribution in [1.29, 1.82) is 0 Å². The second-order valence-corrected chi connectivity index (χ2v) is 9.00. The monoisotopic (exact) mass is 542 g/mol. The minimum Gasteiger partial charge on any atom is -0.473 e. The van der Waals surface area contributed by atoms with Crippen LogP contribution in [0.15, 0.2) is 90.7 Å². The molecule has 0 radical (unpaired) electrons. The van der Waals surface area contributed by atoms with Crippen molar-refractivity contribution in [3.63, 3.8) is 0 Å². The quantitative estimate of drug-likeness (QED) is 0.320. The molecule has 37 heavy (non-hydrogen) atoms. The maximum Gasteiger partial charge on any atom is 0.414 e. The summed E-state index contributed by atoms with van der Waals surface area (Å²) in [6.07, 6.45) is 4.14. The molecule has 7 nitrogen and oxygen atoms in total. The Labute approximate surface area is 226 Å². The lowest BCUT2D eigenvalue weighted by Gasteiger charge is -2.29. The van der Waals surface area contributed by atoms with Crippen molar-refractivity contribution < 1.29 is 24.5 Å². The first-order valence-electron chi connectivity index (χ1n) is 11.7. The maximum absolute atomic E-state index is 9.10. The van der Waals surface area contributed by atoms with E-state index in [9.17, 15) is 0 Å². The second-order valence-electron chi connectivity index (χ2n) is 8.19. The number of halogens is 2. The second kappa shape index (κ2) is 14.3. The van der Waals surface area contributed by atoms with Crippen LogP contribution in [0, 0.1) is 0 Å². The Morgan fingerprint density at radius 3 is 1.95 bits per heavy atom. The Morgan fingerprint density at radius 1 is 0.865 bits per heavy atom. The first-order valence-corrected chi connectivity index (χ1v) is 12.5. The van der Waals surface area contributed by atoms with Gasteiger partial charge in [0.25, 0.3) is 0 Å². The molecule has 0 saturated carbocycles. The van der Waals surface area contributed by atoms with Crippen LogP contribution in [0.1, 0.15) is 12.8 Å². The summed E-state index contributed by atoms with van der Waals surface area (Å²) >= 11 is 12.1. The van der Waals surface area contributed by atoms with Crippen LogP contribution in [0.5, 0.6) is 5.75 Å². The van der Waals surface area contributed by atoms with E-state index in [1.165, 1.54) is 11.4 Å². The van der Waals surface area contributed by atoms with E-state index in [-0.39, 0.29) is 0 Å². The van der Waals surface area contributed by atoms with Crippen molar-refractivity contribution in [2.45, 2.75) is 12.8 Å². The van der Waals surface area contributed by atoms with Crippen LogP contribution in [0.2, 0.25) is 10.0 Å². The summed E-state index contributed by atoms with van der Waals surface area (Å²) < 4.78 is 5.98. The van der Waals surface area contributed by atoms with E-state index in [4.69, 9.17) is 47.7 Å². The van der Waals surface area contributed by atoms with Crippen LogP contribution in [-0.2, 0) is 9.59 Å². The number of carboxylic acid groups (broad SMARTS) is 2. The Morgan fingerprint density at radius 2 is 1.46 bits per heavy atom. The maximum atomic E-state index is 9.10. The van der Waals surface area contributed by atoms with Crippen molar-refractivity contribution >= 4 is 46.5 Å². The van der Waals surface area contributed by atoms with Gasteiger partial charge in [0.1, 0.15) is 11.5 Å². The van der Waals surface area contributed by atoms with E-state index in [1.807, 2.05) is 6.07 Å². The SMILES string of the molecule is Clc1ccc(OC2=CCN(CCCN(c3ccccc3)c3ccccc3)CC2)cc1Cl.O=C(O)C(=O)O. The van der Waals surface area contributed by atoms with Crippen LogP contribution < -0.4 is 9.64 Å². The normalized spacial score (nSPS) is 13.1. The van der Waals surface area contributed by atoms with Crippen molar-refractivity contribution in [1.82, 2.24) is 4.90 Å².